The monoisotopic (exact) mass is 1460 g/mol. The van der Waals surface area contributed by atoms with Gasteiger partial charge in [-0.15, -0.1) is 0 Å². The highest BCUT2D eigenvalue weighted by atomic mass is 14.5. The van der Waals surface area contributed by atoms with Crippen LogP contribution in [0.2, 0.25) is 0 Å². The summed E-state index contributed by atoms with van der Waals surface area (Å²) in [5.41, 5.74) is 37.9. The minimum atomic E-state index is 0.274. The summed E-state index contributed by atoms with van der Waals surface area (Å²) in [5.74, 6) is 11.5. The maximum atomic E-state index is 2.49. The smallest absolute Gasteiger partial charge is 0.00441 e. The molecule has 109 heavy (non-hydrogen) atoms. The summed E-state index contributed by atoms with van der Waals surface area (Å²) in [6.07, 6.45) is 34.9. The van der Waals surface area contributed by atoms with Gasteiger partial charge in [0.1, 0.15) is 0 Å². The van der Waals surface area contributed by atoms with Gasteiger partial charge < -0.3 is 0 Å². The highest BCUT2D eigenvalue weighted by Gasteiger charge is 2.49. The Labute approximate surface area is 669 Å². The molecule has 0 radical (unpaired) electrons. The SMILES string of the molecule is CCc1cccc(C)c1C.Cc1cc(C2CCCC2)cc(C)c1C.Cc1cc(C2CCCCC2)cc(C)c1C.Cc1ccc(C23CCC(CC2)C3)cc1.Cc1ccc(C2C3CC4CC(C3)CC2C4)cc1C.Cc1ccc(C2CC3CCC2C3)cc1C.Cc1cccc(C(C)(C)C)c1C.Cc1cccc(C(C)C)c1C. The van der Waals surface area contributed by atoms with Gasteiger partial charge in [-0.05, 0) is 449 Å². The molecule has 8 aromatic rings. The van der Waals surface area contributed by atoms with E-state index in [0.29, 0.717) is 11.3 Å². The molecule has 0 aromatic heterocycles. The van der Waals surface area contributed by atoms with Crippen LogP contribution in [0.1, 0.15) is 358 Å². The summed E-state index contributed by atoms with van der Waals surface area (Å²) in [6.45, 7) is 51.1. The van der Waals surface area contributed by atoms with Gasteiger partial charge in [-0.3, -0.25) is 0 Å². The molecule has 3 unspecified atom stereocenters. The Morgan fingerprint density at radius 3 is 1.22 bits per heavy atom. The normalized spacial score (nSPS) is 24.0. The molecular formula is C109H152. The zero-order chi connectivity index (χ0) is 78.6. The van der Waals surface area contributed by atoms with Crippen molar-refractivity contribution in [3.8, 4) is 0 Å². The fourth-order valence-electron chi connectivity index (χ4n) is 22.1. The number of hydrogen-bond acceptors (Lipinski definition) is 0. The molecule has 8 bridgehead atoms. The Balaban J connectivity index is 0.000000134. The molecule has 10 aliphatic rings. The van der Waals surface area contributed by atoms with Crippen molar-refractivity contribution in [1.29, 1.82) is 0 Å². The van der Waals surface area contributed by atoms with E-state index in [1.54, 1.807) is 34.2 Å². The van der Waals surface area contributed by atoms with Crippen LogP contribution in [-0.4, -0.2) is 0 Å². The first-order valence-corrected chi connectivity index (χ1v) is 44.4. The lowest BCUT2D eigenvalue weighted by Gasteiger charge is -2.54. The summed E-state index contributed by atoms with van der Waals surface area (Å²) in [7, 11) is 0. The highest BCUT2D eigenvalue weighted by Crippen LogP contribution is 2.60. The summed E-state index contributed by atoms with van der Waals surface area (Å²) in [5, 5.41) is 0. The molecule has 0 saturated heterocycles. The molecule has 0 heteroatoms. The molecule has 10 aliphatic carbocycles. The lowest BCUT2D eigenvalue weighted by molar-refractivity contribution is -0.00279. The molecule has 8 aromatic carbocycles. The van der Waals surface area contributed by atoms with E-state index in [1.807, 2.05) is 0 Å². The van der Waals surface area contributed by atoms with Crippen molar-refractivity contribution < 1.29 is 0 Å². The Bertz CT molecular complexity index is 4150. The Morgan fingerprint density at radius 1 is 0.349 bits per heavy atom. The average Bonchev–Trinajstić information content (AvgIpc) is 1.06. The van der Waals surface area contributed by atoms with E-state index in [2.05, 4.69) is 299 Å². The van der Waals surface area contributed by atoms with Crippen LogP contribution in [0, 0.1) is 159 Å². The van der Waals surface area contributed by atoms with Gasteiger partial charge in [0, 0.05) is 0 Å². The van der Waals surface area contributed by atoms with Crippen molar-refractivity contribution in [3.05, 3.63) is 279 Å². The van der Waals surface area contributed by atoms with Gasteiger partial charge in [0.15, 0.2) is 0 Å². The molecule has 0 nitrogen and oxygen atoms in total. The van der Waals surface area contributed by atoms with E-state index >= 15 is 0 Å². The van der Waals surface area contributed by atoms with Gasteiger partial charge in [-0.1, -0.05) is 225 Å². The summed E-state index contributed by atoms with van der Waals surface area (Å²) >= 11 is 0. The number of benzene rings is 8. The first kappa shape index (κ1) is 85.2. The Hall–Kier alpha value is -6.24. The molecule has 588 valence electrons. The van der Waals surface area contributed by atoms with E-state index in [-0.39, 0.29) is 5.41 Å². The average molecular weight is 1460 g/mol. The van der Waals surface area contributed by atoms with Crippen molar-refractivity contribution in [1.82, 2.24) is 0 Å². The molecule has 18 rings (SSSR count). The van der Waals surface area contributed by atoms with Crippen molar-refractivity contribution in [2.24, 2.45) is 41.4 Å². The van der Waals surface area contributed by atoms with Crippen molar-refractivity contribution in [2.45, 2.75) is 354 Å². The molecule has 10 fully saturated rings. The molecule has 10 saturated carbocycles. The van der Waals surface area contributed by atoms with E-state index in [9.17, 15) is 0 Å². The van der Waals surface area contributed by atoms with E-state index in [0.717, 1.165) is 71.5 Å². The van der Waals surface area contributed by atoms with Crippen LogP contribution in [0.5, 0.6) is 0 Å². The largest absolute Gasteiger partial charge is 0.0617 e. The molecule has 0 N–H and O–H groups in total. The van der Waals surface area contributed by atoms with Gasteiger partial charge in [0.05, 0.1) is 0 Å². The molecular weight excluding hydrogens is 1310 g/mol. The molecule has 0 amide bonds. The van der Waals surface area contributed by atoms with Crippen molar-refractivity contribution in [2.75, 3.05) is 0 Å². The molecule has 0 heterocycles. The topological polar surface area (TPSA) is 0 Å². The number of fused-ring (bicyclic) bond motifs is 4. The zero-order valence-corrected chi connectivity index (χ0v) is 73.7. The number of hydrogen-bond donors (Lipinski definition) is 0. The minimum Gasteiger partial charge on any atom is -0.0617 e. The first-order valence-electron chi connectivity index (χ1n) is 44.4. The van der Waals surface area contributed by atoms with Gasteiger partial charge >= 0.3 is 0 Å². The van der Waals surface area contributed by atoms with Crippen LogP contribution >= 0.6 is 0 Å². The molecule has 0 aliphatic heterocycles. The fraction of sp³-hybridized carbons (Fsp3) is 0.560. The maximum Gasteiger partial charge on any atom is -0.00441 e. The lowest BCUT2D eigenvalue weighted by atomic mass is 9.50. The van der Waals surface area contributed by atoms with E-state index in [1.165, 1.54) is 253 Å². The predicted molar refractivity (Wildman–Crippen MR) is 477 cm³/mol. The second kappa shape index (κ2) is 38.5. The second-order valence-corrected chi connectivity index (χ2v) is 38.7. The Morgan fingerprint density at radius 2 is 0.798 bits per heavy atom. The summed E-state index contributed by atoms with van der Waals surface area (Å²) < 4.78 is 0. The quantitative estimate of drug-likeness (QED) is 0.149. The number of aryl methyl sites for hydroxylation is 13. The number of rotatable bonds is 7. The minimum absolute atomic E-state index is 0.274. The third-order valence-corrected chi connectivity index (χ3v) is 29.8. The summed E-state index contributed by atoms with van der Waals surface area (Å²) in [6, 6.07) is 52.8. The van der Waals surface area contributed by atoms with E-state index < -0.39 is 0 Å². The second-order valence-electron chi connectivity index (χ2n) is 38.7. The zero-order valence-electron chi connectivity index (χ0n) is 73.7. The third kappa shape index (κ3) is 22.0. The van der Waals surface area contributed by atoms with Crippen LogP contribution in [0.25, 0.3) is 0 Å². The van der Waals surface area contributed by atoms with E-state index in [4.69, 9.17) is 0 Å². The lowest BCUT2D eigenvalue weighted by Crippen LogP contribution is -2.43. The van der Waals surface area contributed by atoms with Crippen molar-refractivity contribution in [3.63, 3.8) is 0 Å². The van der Waals surface area contributed by atoms with Crippen LogP contribution in [0.15, 0.2) is 140 Å². The van der Waals surface area contributed by atoms with Gasteiger partial charge in [0.2, 0.25) is 0 Å². The van der Waals surface area contributed by atoms with Gasteiger partial charge in [-0.25, -0.2) is 0 Å². The van der Waals surface area contributed by atoms with Crippen LogP contribution in [0.4, 0.5) is 0 Å². The standard InChI is InChI=1S/C18H24.C15H20.C15H22.C14H18.C14H20.C12H18.C11H16.C10H14/c1-11-3-4-15(5-12(11)2)18-16-7-13-6-14(9-16)10-17(18)8-13;1-10-3-5-13(7-11(10)2)15-9-12-4-6-14(15)8-12;1-11-9-15(10-12(2)13(11)3)14-7-5-4-6-8-14;1-11-2-4-13(5-3-11)14-8-6-12(10-14)7-9-14;1-10-8-14(9-11(2)12(10)3)13-6-4-5-7-13;1-9-7-6-8-11(10(9)2)12(3,4)5;1-8(2)11-7-5-6-9(3)10(11)4;1-4-10-7-5-6-8(2)9(10)3/h3-5,13-14,16-18H,6-10H2,1-2H3;3,5,7,12,14-15H,4,6,8-9H2,1-2H3;9-10,14H,4-8H2,1-3H3;2-5,12H,6-10H2,1H3;8-9,13H,4-7H2,1-3H3;6-8H,1-5H3;5-8H,1-4H3;5-7H,4H2,1-3H3. The maximum absolute atomic E-state index is 2.49. The van der Waals surface area contributed by atoms with Crippen LogP contribution in [0.3, 0.4) is 0 Å². The Kier molecular flexibility index (Phi) is 30.1. The fourth-order valence-corrected chi connectivity index (χ4v) is 22.1. The molecule has 3 atom stereocenters. The summed E-state index contributed by atoms with van der Waals surface area (Å²) in [4.78, 5) is 0. The van der Waals surface area contributed by atoms with Crippen LogP contribution < -0.4 is 0 Å². The van der Waals surface area contributed by atoms with Crippen LogP contribution in [-0.2, 0) is 17.3 Å². The highest BCUT2D eigenvalue weighted by molar-refractivity contribution is 5.43. The van der Waals surface area contributed by atoms with Gasteiger partial charge in [-0.2, -0.15) is 0 Å². The van der Waals surface area contributed by atoms with Gasteiger partial charge in [0.25, 0.3) is 0 Å². The molecule has 0 spiro atoms. The predicted octanol–water partition coefficient (Wildman–Crippen LogP) is 31.7. The first-order chi connectivity index (χ1) is 51.9. The van der Waals surface area contributed by atoms with Crippen molar-refractivity contribution >= 4 is 0 Å². The third-order valence-electron chi connectivity index (χ3n) is 29.8.